The molecule has 0 spiro atoms. The molecule has 1 aromatic heterocycles. The topological polar surface area (TPSA) is 42.0 Å². The Balaban J connectivity index is 1.88. The lowest BCUT2D eigenvalue weighted by molar-refractivity contribution is 0.102. The minimum absolute atomic E-state index is 0.192. The Morgan fingerprint density at radius 2 is 1.50 bits per heavy atom. The van der Waals surface area contributed by atoms with E-state index in [1.807, 2.05) is 97.3 Å². The fourth-order valence-electron chi connectivity index (χ4n) is 3.22. The molecular formula is C25H19ClN2OS. The molecule has 3 nitrogen and oxygen atoms in total. The lowest BCUT2D eigenvalue weighted by atomic mass is 9.98. The Bertz CT molecular complexity index is 1160. The van der Waals surface area contributed by atoms with Gasteiger partial charge in [0, 0.05) is 16.3 Å². The Labute approximate surface area is 185 Å². The van der Waals surface area contributed by atoms with Gasteiger partial charge in [-0.15, -0.1) is 11.8 Å². The zero-order valence-electron chi connectivity index (χ0n) is 16.3. The molecule has 0 fully saturated rings. The molecule has 148 valence electrons. The van der Waals surface area contributed by atoms with E-state index in [0.717, 1.165) is 28.1 Å². The van der Waals surface area contributed by atoms with E-state index in [9.17, 15) is 4.79 Å². The smallest absolute Gasteiger partial charge is 0.259 e. The Morgan fingerprint density at radius 3 is 2.13 bits per heavy atom. The largest absolute Gasteiger partial charge is 0.322 e. The predicted octanol–water partition coefficient (Wildman–Crippen LogP) is 7.04. The van der Waals surface area contributed by atoms with Gasteiger partial charge in [-0.25, -0.2) is 4.98 Å². The first-order valence-electron chi connectivity index (χ1n) is 9.42. The minimum Gasteiger partial charge on any atom is -0.322 e. The third-order valence-corrected chi connectivity index (χ3v) is 5.60. The minimum atomic E-state index is -0.192. The summed E-state index contributed by atoms with van der Waals surface area (Å²) in [5, 5.41) is 4.32. The maximum absolute atomic E-state index is 13.3. The van der Waals surface area contributed by atoms with Gasteiger partial charge in [-0.05, 0) is 47.7 Å². The van der Waals surface area contributed by atoms with Crippen LogP contribution in [0.4, 0.5) is 5.69 Å². The van der Waals surface area contributed by atoms with Crippen molar-refractivity contribution in [1.82, 2.24) is 4.98 Å². The number of thioether (sulfide) groups is 1. The lowest BCUT2D eigenvalue weighted by Crippen LogP contribution is -2.15. The van der Waals surface area contributed by atoms with Gasteiger partial charge in [0.05, 0.1) is 11.3 Å². The molecule has 1 N–H and O–H groups in total. The van der Waals surface area contributed by atoms with E-state index in [1.54, 1.807) is 0 Å². The number of para-hydroxylation sites is 1. The van der Waals surface area contributed by atoms with Gasteiger partial charge in [0.15, 0.2) is 0 Å². The van der Waals surface area contributed by atoms with E-state index < -0.39 is 0 Å². The molecule has 1 heterocycles. The van der Waals surface area contributed by atoms with E-state index >= 15 is 0 Å². The molecule has 0 saturated heterocycles. The van der Waals surface area contributed by atoms with Gasteiger partial charge in [0.2, 0.25) is 0 Å². The van der Waals surface area contributed by atoms with Crippen molar-refractivity contribution in [3.8, 4) is 22.4 Å². The normalized spacial score (nSPS) is 10.6. The standard InChI is InChI=1S/C25H19ClN2OS/c1-30-25-23(24(29)27-20-10-6-3-7-11-20)21(17-12-14-19(26)15-13-17)16-22(28-25)18-8-4-2-5-9-18/h2-16H,1H3,(H,27,29). The van der Waals surface area contributed by atoms with Crippen LogP contribution in [0.5, 0.6) is 0 Å². The highest BCUT2D eigenvalue weighted by atomic mass is 35.5. The summed E-state index contributed by atoms with van der Waals surface area (Å²) in [5.41, 5.74) is 4.84. The fourth-order valence-corrected chi connectivity index (χ4v) is 3.94. The molecule has 0 aliphatic rings. The van der Waals surface area contributed by atoms with Gasteiger partial charge in [-0.2, -0.15) is 0 Å². The van der Waals surface area contributed by atoms with E-state index in [2.05, 4.69) is 5.32 Å². The second kappa shape index (κ2) is 9.16. The molecule has 0 atom stereocenters. The first-order valence-corrected chi connectivity index (χ1v) is 11.0. The number of pyridine rings is 1. The van der Waals surface area contributed by atoms with E-state index in [4.69, 9.17) is 16.6 Å². The van der Waals surface area contributed by atoms with Crippen molar-refractivity contribution in [3.63, 3.8) is 0 Å². The van der Waals surface area contributed by atoms with Crippen LogP contribution in [0.3, 0.4) is 0 Å². The summed E-state index contributed by atoms with van der Waals surface area (Å²) in [4.78, 5) is 18.1. The van der Waals surface area contributed by atoms with Gasteiger partial charge in [0.1, 0.15) is 5.03 Å². The zero-order valence-corrected chi connectivity index (χ0v) is 17.9. The molecule has 3 aromatic carbocycles. The molecule has 0 saturated carbocycles. The van der Waals surface area contributed by atoms with Crippen molar-refractivity contribution >= 4 is 35.0 Å². The average Bonchev–Trinajstić information content (AvgIpc) is 2.80. The highest BCUT2D eigenvalue weighted by Gasteiger charge is 2.21. The summed E-state index contributed by atoms with van der Waals surface area (Å²) in [6.07, 6.45) is 1.93. The monoisotopic (exact) mass is 430 g/mol. The number of hydrogen-bond donors (Lipinski definition) is 1. The summed E-state index contributed by atoms with van der Waals surface area (Å²) in [6.45, 7) is 0. The summed E-state index contributed by atoms with van der Waals surface area (Å²) in [7, 11) is 0. The van der Waals surface area contributed by atoms with Crippen molar-refractivity contribution in [2.75, 3.05) is 11.6 Å². The number of carbonyl (C=O) groups is 1. The van der Waals surface area contributed by atoms with Crippen molar-refractivity contribution in [1.29, 1.82) is 0 Å². The van der Waals surface area contributed by atoms with Crippen molar-refractivity contribution in [2.24, 2.45) is 0 Å². The van der Waals surface area contributed by atoms with Crippen LogP contribution in [0.15, 0.2) is 96.0 Å². The van der Waals surface area contributed by atoms with Gasteiger partial charge in [-0.1, -0.05) is 72.3 Å². The third-order valence-electron chi connectivity index (χ3n) is 4.66. The van der Waals surface area contributed by atoms with Crippen LogP contribution in [0.1, 0.15) is 10.4 Å². The molecule has 0 bridgehead atoms. The fraction of sp³-hybridized carbons (Fsp3) is 0.0400. The summed E-state index contributed by atoms with van der Waals surface area (Å²) in [6, 6.07) is 28.9. The SMILES string of the molecule is CSc1nc(-c2ccccc2)cc(-c2ccc(Cl)cc2)c1C(=O)Nc1ccccc1. The number of benzene rings is 3. The summed E-state index contributed by atoms with van der Waals surface area (Å²) in [5.74, 6) is -0.192. The molecule has 4 rings (SSSR count). The van der Waals surface area contributed by atoms with Crippen LogP contribution in [0, 0.1) is 0 Å². The van der Waals surface area contributed by atoms with E-state index in [0.29, 0.717) is 15.6 Å². The van der Waals surface area contributed by atoms with Crippen LogP contribution < -0.4 is 5.32 Å². The molecule has 0 aliphatic carbocycles. The summed E-state index contributed by atoms with van der Waals surface area (Å²) < 4.78 is 0. The molecular weight excluding hydrogens is 412 g/mol. The first-order chi connectivity index (χ1) is 14.7. The van der Waals surface area contributed by atoms with Gasteiger partial charge >= 0.3 is 0 Å². The number of nitrogens with zero attached hydrogens (tertiary/aromatic N) is 1. The van der Waals surface area contributed by atoms with Crippen molar-refractivity contribution in [2.45, 2.75) is 5.03 Å². The maximum atomic E-state index is 13.3. The molecule has 5 heteroatoms. The second-order valence-corrected chi connectivity index (χ2v) is 7.86. The Morgan fingerprint density at radius 1 is 0.867 bits per heavy atom. The molecule has 0 unspecified atom stereocenters. The van der Waals surface area contributed by atoms with Crippen molar-refractivity contribution < 1.29 is 4.79 Å². The van der Waals surface area contributed by atoms with Crippen LogP contribution in [0.2, 0.25) is 5.02 Å². The van der Waals surface area contributed by atoms with Crippen LogP contribution in [-0.2, 0) is 0 Å². The lowest BCUT2D eigenvalue weighted by Gasteiger charge is -2.16. The average molecular weight is 431 g/mol. The predicted molar refractivity (Wildman–Crippen MR) is 126 cm³/mol. The van der Waals surface area contributed by atoms with Gasteiger partial charge in [-0.3, -0.25) is 4.79 Å². The molecule has 30 heavy (non-hydrogen) atoms. The molecule has 0 aliphatic heterocycles. The molecule has 4 aromatic rings. The first kappa shape index (κ1) is 20.2. The van der Waals surface area contributed by atoms with Crippen LogP contribution in [0.25, 0.3) is 22.4 Å². The van der Waals surface area contributed by atoms with Crippen LogP contribution in [-0.4, -0.2) is 17.1 Å². The zero-order chi connectivity index (χ0) is 20.9. The van der Waals surface area contributed by atoms with Gasteiger partial charge in [0.25, 0.3) is 5.91 Å². The quantitative estimate of drug-likeness (QED) is 0.345. The maximum Gasteiger partial charge on any atom is 0.259 e. The summed E-state index contributed by atoms with van der Waals surface area (Å²) >= 11 is 7.56. The van der Waals surface area contributed by atoms with E-state index in [-0.39, 0.29) is 5.91 Å². The number of amides is 1. The molecule has 1 amide bonds. The highest BCUT2D eigenvalue weighted by Crippen LogP contribution is 2.35. The number of hydrogen-bond acceptors (Lipinski definition) is 3. The Hall–Kier alpha value is -3.08. The molecule has 0 radical (unpaired) electrons. The van der Waals surface area contributed by atoms with E-state index in [1.165, 1.54) is 11.8 Å². The number of aromatic nitrogens is 1. The number of halogens is 1. The highest BCUT2D eigenvalue weighted by molar-refractivity contribution is 7.98. The third kappa shape index (κ3) is 4.40. The number of carbonyl (C=O) groups excluding carboxylic acids is 1. The number of anilines is 1. The number of rotatable bonds is 5. The number of nitrogens with one attached hydrogen (secondary N) is 1. The second-order valence-electron chi connectivity index (χ2n) is 6.63. The van der Waals surface area contributed by atoms with Gasteiger partial charge < -0.3 is 5.32 Å². The Kier molecular flexibility index (Phi) is 6.17. The van der Waals surface area contributed by atoms with Crippen molar-refractivity contribution in [3.05, 3.63) is 102 Å². The van der Waals surface area contributed by atoms with Crippen LogP contribution >= 0.6 is 23.4 Å².